The number of ether oxygens (including phenoxy) is 1. The van der Waals surface area contributed by atoms with E-state index in [-0.39, 0.29) is 6.71 Å². The van der Waals surface area contributed by atoms with Gasteiger partial charge in [-0.25, -0.2) is 0 Å². The second-order valence-corrected chi connectivity index (χ2v) is 8.38. The largest absolute Gasteiger partial charge is 0.458 e. The lowest BCUT2D eigenvalue weighted by Crippen LogP contribution is -2.59. The van der Waals surface area contributed by atoms with Gasteiger partial charge in [-0.05, 0) is 52.1 Å². The number of para-hydroxylation sites is 1. The zero-order valence-electron chi connectivity index (χ0n) is 16.9. The predicted octanol–water partition coefficient (Wildman–Crippen LogP) is 4.43. The summed E-state index contributed by atoms with van der Waals surface area (Å²) in [5.41, 5.74) is 8.68. The number of pyridine rings is 1. The lowest BCUT2D eigenvalue weighted by molar-refractivity contribution is 0.488. The molecule has 3 heteroatoms. The third-order valence-corrected chi connectivity index (χ3v) is 6.67. The molecule has 31 heavy (non-hydrogen) atoms. The minimum atomic E-state index is 0.195. The quantitative estimate of drug-likeness (QED) is 0.384. The zero-order chi connectivity index (χ0) is 20.4. The first-order chi connectivity index (χ1) is 15.4. The molecule has 5 aromatic rings. The average Bonchev–Trinajstić information content (AvgIpc) is 2.83. The summed E-state index contributed by atoms with van der Waals surface area (Å²) in [6.45, 7) is 0.195. The second kappa shape index (κ2) is 6.32. The first-order valence-corrected chi connectivity index (χ1v) is 10.7. The number of hydrogen-bond donors (Lipinski definition) is 0. The van der Waals surface area contributed by atoms with Crippen LogP contribution in [-0.2, 0) is 6.42 Å². The third kappa shape index (κ3) is 2.44. The number of rotatable bonds is 1. The molecule has 3 heterocycles. The highest BCUT2D eigenvalue weighted by Crippen LogP contribution is 2.36. The second-order valence-electron chi connectivity index (χ2n) is 8.38. The van der Waals surface area contributed by atoms with Crippen LogP contribution in [0.15, 0.2) is 97.2 Å². The Morgan fingerprint density at radius 3 is 2.45 bits per heavy atom. The fourth-order valence-electron chi connectivity index (χ4n) is 5.26. The van der Waals surface area contributed by atoms with Crippen LogP contribution in [0.2, 0.25) is 0 Å². The Balaban J connectivity index is 1.49. The Bertz CT molecular complexity index is 1510. The molecule has 7 rings (SSSR count). The van der Waals surface area contributed by atoms with Crippen LogP contribution in [0.3, 0.4) is 0 Å². The molecule has 0 bridgehead atoms. The summed E-state index contributed by atoms with van der Waals surface area (Å²) >= 11 is 0. The van der Waals surface area contributed by atoms with Crippen LogP contribution in [0.1, 0.15) is 11.1 Å². The summed E-state index contributed by atoms with van der Waals surface area (Å²) in [6.07, 6.45) is 2.91. The van der Waals surface area contributed by atoms with Gasteiger partial charge in [-0.2, -0.15) is 0 Å². The molecular weight excluding hydrogens is 377 g/mol. The van der Waals surface area contributed by atoms with Gasteiger partial charge in [0.15, 0.2) is 0 Å². The lowest BCUT2D eigenvalue weighted by Gasteiger charge is -2.34. The van der Waals surface area contributed by atoms with Crippen LogP contribution in [-0.4, -0.2) is 11.7 Å². The van der Waals surface area contributed by atoms with Gasteiger partial charge in [0.2, 0.25) is 0 Å². The van der Waals surface area contributed by atoms with E-state index in [1.54, 1.807) is 0 Å². The van der Waals surface area contributed by atoms with Crippen molar-refractivity contribution in [1.82, 2.24) is 4.98 Å². The van der Waals surface area contributed by atoms with E-state index >= 15 is 0 Å². The standard InChI is InChI=1S/C28H18BNO/c1-2-9-21-17-30-25(16-18(21)7-1)22-11-6-13-24-28(22)31-26-14-5-10-20-15-19-8-3-4-12-23(19)29(24)27(20)26/h1-14,16-17H,15H2. The highest BCUT2D eigenvalue weighted by atomic mass is 16.5. The minimum Gasteiger partial charge on any atom is -0.458 e. The van der Waals surface area contributed by atoms with Gasteiger partial charge in [0, 0.05) is 17.1 Å². The van der Waals surface area contributed by atoms with Gasteiger partial charge in [0.25, 0.3) is 6.71 Å². The molecule has 144 valence electrons. The Morgan fingerprint density at radius 1 is 0.710 bits per heavy atom. The van der Waals surface area contributed by atoms with Gasteiger partial charge < -0.3 is 4.74 Å². The molecule has 2 aliphatic rings. The van der Waals surface area contributed by atoms with Gasteiger partial charge >= 0.3 is 0 Å². The van der Waals surface area contributed by atoms with Crippen molar-refractivity contribution in [1.29, 1.82) is 0 Å². The Hall–Kier alpha value is -3.85. The van der Waals surface area contributed by atoms with Crippen molar-refractivity contribution in [2.45, 2.75) is 6.42 Å². The normalized spacial score (nSPS) is 13.2. The number of fused-ring (bicyclic) bond motifs is 5. The molecule has 0 radical (unpaired) electrons. The van der Waals surface area contributed by atoms with Crippen molar-refractivity contribution >= 4 is 33.9 Å². The molecule has 2 nitrogen and oxygen atoms in total. The van der Waals surface area contributed by atoms with Crippen LogP contribution >= 0.6 is 0 Å². The molecule has 0 spiro atoms. The highest BCUT2D eigenvalue weighted by Gasteiger charge is 2.38. The molecule has 0 atom stereocenters. The van der Waals surface area contributed by atoms with Crippen molar-refractivity contribution in [2.24, 2.45) is 0 Å². The summed E-state index contributed by atoms with van der Waals surface area (Å²) in [5, 5.41) is 2.33. The first-order valence-electron chi connectivity index (χ1n) is 10.7. The average molecular weight is 395 g/mol. The Morgan fingerprint density at radius 2 is 1.48 bits per heavy atom. The summed E-state index contributed by atoms with van der Waals surface area (Å²) in [5.74, 6) is 1.90. The molecule has 0 unspecified atom stereocenters. The monoisotopic (exact) mass is 395 g/mol. The van der Waals surface area contributed by atoms with Crippen LogP contribution < -0.4 is 21.1 Å². The molecule has 0 aliphatic carbocycles. The number of nitrogens with zero attached hydrogens (tertiary/aromatic N) is 1. The first kappa shape index (κ1) is 16.9. The molecule has 0 saturated carbocycles. The summed E-state index contributed by atoms with van der Waals surface area (Å²) in [7, 11) is 0. The van der Waals surface area contributed by atoms with E-state index in [4.69, 9.17) is 9.72 Å². The maximum atomic E-state index is 6.60. The van der Waals surface area contributed by atoms with E-state index in [1.165, 1.54) is 32.9 Å². The molecule has 1 aromatic heterocycles. The summed E-state index contributed by atoms with van der Waals surface area (Å²) < 4.78 is 6.60. The zero-order valence-corrected chi connectivity index (χ0v) is 16.9. The maximum absolute atomic E-state index is 6.60. The molecular formula is C28H18BNO. The molecule has 0 fully saturated rings. The van der Waals surface area contributed by atoms with E-state index in [1.807, 2.05) is 12.3 Å². The highest BCUT2D eigenvalue weighted by molar-refractivity contribution is 6.97. The lowest BCUT2D eigenvalue weighted by atomic mass is 9.32. The van der Waals surface area contributed by atoms with Crippen LogP contribution in [0.25, 0.3) is 22.0 Å². The fraction of sp³-hybridized carbons (Fsp3) is 0.0357. The summed E-state index contributed by atoms with van der Waals surface area (Å²) in [4.78, 5) is 4.79. The van der Waals surface area contributed by atoms with Crippen molar-refractivity contribution < 1.29 is 4.74 Å². The van der Waals surface area contributed by atoms with Crippen LogP contribution in [0, 0.1) is 0 Å². The number of hydrogen-bond acceptors (Lipinski definition) is 2. The molecule has 0 amide bonds. The maximum Gasteiger partial charge on any atom is 0.251 e. The molecule has 0 N–H and O–H groups in total. The van der Waals surface area contributed by atoms with E-state index in [0.29, 0.717) is 0 Å². The van der Waals surface area contributed by atoms with Crippen molar-refractivity contribution in [3.05, 3.63) is 108 Å². The smallest absolute Gasteiger partial charge is 0.251 e. The minimum absolute atomic E-state index is 0.195. The SMILES string of the molecule is c1ccc2c(c1)Cc1cccc3c1B2c1cccc(-c2cc4ccccc4cn2)c1O3. The van der Waals surface area contributed by atoms with Crippen LogP contribution in [0.4, 0.5) is 0 Å². The van der Waals surface area contributed by atoms with Crippen molar-refractivity contribution in [3.8, 4) is 22.8 Å². The van der Waals surface area contributed by atoms with E-state index in [2.05, 4.69) is 84.9 Å². The van der Waals surface area contributed by atoms with Crippen LogP contribution in [0.5, 0.6) is 11.5 Å². The van der Waals surface area contributed by atoms with Gasteiger partial charge in [0.1, 0.15) is 11.5 Å². The van der Waals surface area contributed by atoms with Crippen molar-refractivity contribution in [3.63, 3.8) is 0 Å². The third-order valence-electron chi connectivity index (χ3n) is 6.67. The summed E-state index contributed by atoms with van der Waals surface area (Å²) in [6, 6.07) is 32.3. The van der Waals surface area contributed by atoms with Gasteiger partial charge in [-0.3, -0.25) is 4.98 Å². The molecule has 0 saturated heterocycles. The van der Waals surface area contributed by atoms with Gasteiger partial charge in [0.05, 0.1) is 5.69 Å². The Kier molecular flexibility index (Phi) is 3.45. The molecule has 2 aliphatic heterocycles. The topological polar surface area (TPSA) is 22.1 Å². The number of benzene rings is 4. The van der Waals surface area contributed by atoms with E-state index in [9.17, 15) is 0 Å². The predicted molar refractivity (Wildman–Crippen MR) is 128 cm³/mol. The molecule has 4 aromatic carbocycles. The van der Waals surface area contributed by atoms with E-state index in [0.717, 1.165) is 34.6 Å². The van der Waals surface area contributed by atoms with E-state index < -0.39 is 0 Å². The Labute approximate surface area is 181 Å². The van der Waals surface area contributed by atoms with Gasteiger partial charge in [-0.1, -0.05) is 78.3 Å². The number of aromatic nitrogens is 1. The fourth-order valence-corrected chi connectivity index (χ4v) is 5.26. The van der Waals surface area contributed by atoms with Crippen molar-refractivity contribution in [2.75, 3.05) is 0 Å². The van der Waals surface area contributed by atoms with Gasteiger partial charge in [-0.15, -0.1) is 0 Å².